The van der Waals surface area contributed by atoms with Gasteiger partial charge in [-0.15, -0.1) is 11.3 Å². The van der Waals surface area contributed by atoms with Gasteiger partial charge in [-0.2, -0.15) is 0 Å². The Labute approximate surface area is 109 Å². The number of hydrogen-bond acceptors (Lipinski definition) is 3. The highest BCUT2D eigenvalue weighted by atomic mass is 35.5. The van der Waals surface area contributed by atoms with Gasteiger partial charge in [0.15, 0.2) is 0 Å². The molecule has 1 aliphatic heterocycles. The van der Waals surface area contributed by atoms with Gasteiger partial charge in [-0.3, -0.25) is 0 Å². The van der Waals surface area contributed by atoms with Crippen LogP contribution < -0.4 is 5.32 Å². The molecular formula is C12H14ClN3S. The molecule has 3 nitrogen and oxygen atoms in total. The second-order valence-electron chi connectivity index (χ2n) is 4.36. The van der Waals surface area contributed by atoms with Gasteiger partial charge in [-0.25, -0.2) is 4.98 Å². The van der Waals surface area contributed by atoms with Gasteiger partial charge >= 0.3 is 0 Å². The number of imidazole rings is 1. The van der Waals surface area contributed by atoms with Crippen LogP contribution in [0.2, 0.25) is 4.34 Å². The van der Waals surface area contributed by atoms with Gasteiger partial charge in [0.2, 0.25) is 0 Å². The van der Waals surface area contributed by atoms with Crippen LogP contribution in [0.5, 0.6) is 0 Å². The Morgan fingerprint density at radius 3 is 3.12 bits per heavy atom. The second kappa shape index (κ2) is 4.80. The molecule has 0 spiro atoms. The lowest BCUT2D eigenvalue weighted by atomic mass is 9.99. The van der Waals surface area contributed by atoms with Crippen LogP contribution in [-0.2, 0) is 0 Å². The van der Waals surface area contributed by atoms with Gasteiger partial charge in [0.1, 0.15) is 5.82 Å². The van der Waals surface area contributed by atoms with Crippen molar-refractivity contribution in [1.82, 2.24) is 15.3 Å². The van der Waals surface area contributed by atoms with Gasteiger partial charge < -0.3 is 10.3 Å². The fourth-order valence-electron chi connectivity index (χ4n) is 2.23. The first-order valence-electron chi connectivity index (χ1n) is 5.83. The Morgan fingerprint density at radius 2 is 2.41 bits per heavy atom. The van der Waals surface area contributed by atoms with Crippen LogP contribution in [0.15, 0.2) is 17.6 Å². The molecule has 1 aliphatic rings. The Hall–Kier alpha value is -0.840. The number of hydrogen-bond donors (Lipinski definition) is 2. The lowest BCUT2D eigenvalue weighted by Crippen LogP contribution is -2.28. The Kier molecular flexibility index (Phi) is 3.18. The summed E-state index contributed by atoms with van der Waals surface area (Å²) in [6.07, 6.45) is 4.34. The molecule has 0 bridgehead atoms. The standard InChI is InChI=1S/C12H14ClN3S/c13-11-4-9(7-17-11)10-6-15-12(16-10)8-2-1-3-14-5-8/h4,6-8,14H,1-3,5H2,(H,15,16). The van der Waals surface area contributed by atoms with Crippen molar-refractivity contribution in [3.63, 3.8) is 0 Å². The third kappa shape index (κ3) is 2.39. The molecule has 0 aliphatic carbocycles. The summed E-state index contributed by atoms with van der Waals surface area (Å²) in [5, 5.41) is 5.46. The molecule has 5 heteroatoms. The summed E-state index contributed by atoms with van der Waals surface area (Å²) in [7, 11) is 0. The minimum Gasteiger partial charge on any atom is -0.342 e. The molecule has 90 valence electrons. The number of aromatic amines is 1. The maximum absolute atomic E-state index is 5.94. The molecule has 2 aromatic heterocycles. The predicted octanol–water partition coefficient (Wildman–Crippen LogP) is 3.26. The highest BCUT2D eigenvalue weighted by Crippen LogP contribution is 2.29. The summed E-state index contributed by atoms with van der Waals surface area (Å²) in [6.45, 7) is 2.15. The first-order chi connectivity index (χ1) is 8.33. The van der Waals surface area contributed by atoms with Gasteiger partial charge in [0.05, 0.1) is 16.2 Å². The van der Waals surface area contributed by atoms with Crippen molar-refractivity contribution in [2.45, 2.75) is 18.8 Å². The quantitative estimate of drug-likeness (QED) is 0.877. The lowest BCUT2D eigenvalue weighted by Gasteiger charge is -2.20. The van der Waals surface area contributed by atoms with Crippen molar-refractivity contribution < 1.29 is 0 Å². The summed E-state index contributed by atoms with van der Waals surface area (Å²) >= 11 is 7.49. The number of halogens is 1. The SMILES string of the molecule is Clc1cc(-c2cnc(C3CCCNC3)[nH]2)cs1. The summed E-state index contributed by atoms with van der Waals surface area (Å²) in [4.78, 5) is 7.90. The fraction of sp³-hybridized carbons (Fsp3) is 0.417. The minimum atomic E-state index is 0.520. The number of thiophene rings is 1. The average Bonchev–Trinajstić information content (AvgIpc) is 2.98. The van der Waals surface area contributed by atoms with Gasteiger partial charge in [-0.1, -0.05) is 11.6 Å². The molecule has 3 rings (SSSR count). The predicted molar refractivity (Wildman–Crippen MR) is 71.8 cm³/mol. The average molecular weight is 268 g/mol. The third-order valence-electron chi connectivity index (χ3n) is 3.16. The smallest absolute Gasteiger partial charge is 0.110 e. The van der Waals surface area contributed by atoms with E-state index in [1.54, 1.807) is 11.3 Å². The Balaban J connectivity index is 1.82. The number of H-pyrrole nitrogens is 1. The van der Waals surface area contributed by atoms with Gasteiger partial charge in [-0.05, 0) is 25.5 Å². The summed E-state index contributed by atoms with van der Waals surface area (Å²) in [5.74, 6) is 1.61. The van der Waals surface area contributed by atoms with Crippen LogP contribution in [0, 0.1) is 0 Å². The largest absolute Gasteiger partial charge is 0.342 e. The molecule has 2 aromatic rings. The zero-order valence-electron chi connectivity index (χ0n) is 9.37. The topological polar surface area (TPSA) is 40.7 Å². The van der Waals surface area contributed by atoms with Crippen molar-refractivity contribution in [2.24, 2.45) is 0 Å². The summed E-state index contributed by atoms with van der Waals surface area (Å²) in [5.41, 5.74) is 2.19. The van der Waals surface area contributed by atoms with Crippen LogP contribution in [0.3, 0.4) is 0 Å². The summed E-state index contributed by atoms with van der Waals surface area (Å²) < 4.78 is 0.815. The molecule has 1 unspecified atom stereocenters. The maximum atomic E-state index is 5.94. The normalized spacial score (nSPS) is 20.6. The molecule has 1 atom stereocenters. The van der Waals surface area contributed by atoms with Crippen molar-refractivity contribution in [3.8, 4) is 11.3 Å². The van der Waals surface area contributed by atoms with Crippen molar-refractivity contribution in [1.29, 1.82) is 0 Å². The highest BCUT2D eigenvalue weighted by Gasteiger charge is 2.18. The molecule has 2 N–H and O–H groups in total. The van der Waals surface area contributed by atoms with Crippen LogP contribution in [0.25, 0.3) is 11.3 Å². The van der Waals surface area contributed by atoms with Crippen molar-refractivity contribution >= 4 is 22.9 Å². The first kappa shape index (κ1) is 11.3. The van der Waals surface area contributed by atoms with Crippen molar-refractivity contribution in [3.05, 3.63) is 27.8 Å². The highest BCUT2D eigenvalue weighted by molar-refractivity contribution is 7.14. The lowest BCUT2D eigenvalue weighted by molar-refractivity contribution is 0.449. The molecular weight excluding hydrogens is 254 g/mol. The van der Waals surface area contributed by atoms with Gasteiger partial charge in [0, 0.05) is 23.4 Å². The molecule has 0 amide bonds. The molecule has 0 aromatic carbocycles. The zero-order valence-corrected chi connectivity index (χ0v) is 10.9. The molecule has 0 saturated carbocycles. The van der Waals surface area contributed by atoms with E-state index in [-0.39, 0.29) is 0 Å². The third-order valence-corrected chi connectivity index (χ3v) is 4.25. The van der Waals surface area contributed by atoms with Crippen LogP contribution in [-0.4, -0.2) is 23.1 Å². The molecule has 1 saturated heterocycles. The van der Waals surface area contributed by atoms with Crippen LogP contribution >= 0.6 is 22.9 Å². The van der Waals surface area contributed by atoms with Gasteiger partial charge in [0.25, 0.3) is 0 Å². The van der Waals surface area contributed by atoms with E-state index in [0.29, 0.717) is 5.92 Å². The van der Waals surface area contributed by atoms with E-state index in [1.807, 2.05) is 12.3 Å². The molecule has 1 fully saturated rings. The van der Waals surface area contributed by atoms with E-state index >= 15 is 0 Å². The second-order valence-corrected chi connectivity index (χ2v) is 5.91. The van der Waals surface area contributed by atoms with E-state index < -0.39 is 0 Å². The molecule has 3 heterocycles. The van der Waals surface area contributed by atoms with E-state index in [1.165, 1.54) is 12.8 Å². The van der Waals surface area contributed by atoms with Crippen LogP contribution in [0.4, 0.5) is 0 Å². The fourth-order valence-corrected chi connectivity index (χ4v) is 3.11. The number of piperidine rings is 1. The van der Waals surface area contributed by atoms with Crippen LogP contribution in [0.1, 0.15) is 24.6 Å². The molecule has 17 heavy (non-hydrogen) atoms. The number of nitrogens with zero attached hydrogens (tertiary/aromatic N) is 1. The number of aromatic nitrogens is 2. The molecule has 0 radical (unpaired) electrons. The number of rotatable bonds is 2. The van der Waals surface area contributed by atoms with E-state index in [9.17, 15) is 0 Å². The first-order valence-corrected chi connectivity index (χ1v) is 7.09. The van der Waals surface area contributed by atoms with E-state index in [0.717, 1.165) is 34.5 Å². The van der Waals surface area contributed by atoms with E-state index in [4.69, 9.17) is 11.6 Å². The Morgan fingerprint density at radius 1 is 1.47 bits per heavy atom. The zero-order chi connectivity index (χ0) is 11.7. The monoisotopic (exact) mass is 267 g/mol. The maximum Gasteiger partial charge on any atom is 0.110 e. The Bertz CT molecular complexity index is 499. The summed E-state index contributed by atoms with van der Waals surface area (Å²) in [6, 6.07) is 1.97. The van der Waals surface area contributed by atoms with E-state index in [2.05, 4.69) is 20.7 Å². The minimum absolute atomic E-state index is 0.520. The number of nitrogens with one attached hydrogen (secondary N) is 2. The van der Waals surface area contributed by atoms with Crippen molar-refractivity contribution in [2.75, 3.05) is 13.1 Å².